The van der Waals surface area contributed by atoms with Crippen molar-refractivity contribution >= 4 is 51.3 Å². The number of aromatic nitrogens is 2. The van der Waals surface area contributed by atoms with Crippen LogP contribution in [-0.2, 0) is 5.75 Å². The van der Waals surface area contributed by atoms with Crippen LogP contribution in [0.1, 0.15) is 5.56 Å². The Morgan fingerprint density at radius 2 is 2.00 bits per heavy atom. The maximum absolute atomic E-state index is 14.0. The van der Waals surface area contributed by atoms with Crippen LogP contribution in [0.2, 0.25) is 10.0 Å². The molecule has 25 heavy (non-hydrogen) atoms. The molecule has 0 fully saturated rings. The van der Waals surface area contributed by atoms with E-state index in [0.29, 0.717) is 21.4 Å². The van der Waals surface area contributed by atoms with Gasteiger partial charge >= 0.3 is 0 Å². The van der Waals surface area contributed by atoms with E-state index < -0.39 is 0 Å². The average molecular weight is 409 g/mol. The Bertz CT molecular complexity index is 1040. The number of halogens is 3. The molecule has 4 aromatic rings. The average Bonchev–Trinajstić information content (AvgIpc) is 3.17. The van der Waals surface area contributed by atoms with Gasteiger partial charge in [-0.2, -0.15) is 0 Å². The molecule has 0 saturated heterocycles. The Labute approximate surface area is 162 Å². The number of thioether (sulfide) groups is 1. The summed E-state index contributed by atoms with van der Waals surface area (Å²) in [4.78, 5) is 5.33. The zero-order valence-electron chi connectivity index (χ0n) is 12.7. The van der Waals surface area contributed by atoms with Crippen LogP contribution < -0.4 is 0 Å². The fourth-order valence-corrected chi connectivity index (χ4v) is 5.01. The number of rotatable bonds is 4. The minimum Gasteiger partial charge on any atom is -0.278 e. The van der Waals surface area contributed by atoms with Crippen molar-refractivity contribution in [1.29, 1.82) is 0 Å². The molecular formula is C18H11Cl2FN2S2. The third-order valence-corrected chi connectivity index (χ3v) is 6.21. The van der Waals surface area contributed by atoms with Crippen molar-refractivity contribution in [3.63, 3.8) is 0 Å². The van der Waals surface area contributed by atoms with E-state index in [4.69, 9.17) is 23.2 Å². The molecule has 2 heterocycles. The lowest BCUT2D eigenvalue weighted by Gasteiger charge is -2.07. The van der Waals surface area contributed by atoms with Crippen LogP contribution >= 0.6 is 46.3 Å². The fraction of sp³-hybridized carbons (Fsp3) is 0.0556. The first-order valence-corrected chi connectivity index (χ1v) is 10.0. The molecule has 2 aromatic heterocycles. The summed E-state index contributed by atoms with van der Waals surface area (Å²) in [6.45, 7) is 0. The van der Waals surface area contributed by atoms with Crippen LogP contribution in [0.25, 0.3) is 16.2 Å². The second kappa shape index (κ2) is 7.00. The molecule has 2 aromatic carbocycles. The van der Waals surface area contributed by atoms with Crippen molar-refractivity contribution < 1.29 is 4.39 Å². The maximum Gasteiger partial charge on any atom is 0.195 e. The van der Waals surface area contributed by atoms with Crippen molar-refractivity contribution in [3.8, 4) is 11.3 Å². The standard InChI is InChI=1S/C18H11Cl2FN2S2/c19-12-4-1-3-11(7-12)16-10-25-18-22-8-17(23(16)18)24-9-13-14(20)5-2-6-15(13)21/h1-8,10H,9H2. The van der Waals surface area contributed by atoms with Crippen LogP contribution in [0.5, 0.6) is 0 Å². The third kappa shape index (κ3) is 3.29. The van der Waals surface area contributed by atoms with Crippen molar-refractivity contribution in [3.05, 3.63) is 75.5 Å². The Morgan fingerprint density at radius 1 is 1.16 bits per heavy atom. The van der Waals surface area contributed by atoms with Gasteiger partial charge in [0.05, 0.1) is 11.9 Å². The Kier molecular flexibility index (Phi) is 4.73. The first-order valence-electron chi connectivity index (χ1n) is 7.40. The van der Waals surface area contributed by atoms with Crippen LogP contribution in [0.3, 0.4) is 0 Å². The van der Waals surface area contributed by atoms with E-state index in [-0.39, 0.29) is 5.82 Å². The van der Waals surface area contributed by atoms with Crippen LogP contribution in [0, 0.1) is 5.82 Å². The molecule has 0 spiro atoms. The normalized spacial score (nSPS) is 11.3. The minimum absolute atomic E-state index is 0.291. The molecule has 0 radical (unpaired) electrons. The molecule has 0 atom stereocenters. The van der Waals surface area contributed by atoms with E-state index >= 15 is 0 Å². The first kappa shape index (κ1) is 16.9. The predicted octanol–water partition coefficient (Wildman–Crippen LogP) is 6.80. The Morgan fingerprint density at radius 3 is 2.80 bits per heavy atom. The van der Waals surface area contributed by atoms with E-state index in [1.165, 1.54) is 17.8 Å². The minimum atomic E-state index is -0.291. The van der Waals surface area contributed by atoms with Gasteiger partial charge in [-0.05, 0) is 24.3 Å². The van der Waals surface area contributed by atoms with Gasteiger partial charge in [-0.3, -0.25) is 4.40 Å². The first-order chi connectivity index (χ1) is 12.1. The van der Waals surface area contributed by atoms with Gasteiger partial charge < -0.3 is 0 Å². The van der Waals surface area contributed by atoms with Gasteiger partial charge in [0, 0.05) is 32.3 Å². The van der Waals surface area contributed by atoms with Gasteiger partial charge in [0.15, 0.2) is 4.96 Å². The number of benzene rings is 2. The van der Waals surface area contributed by atoms with E-state index in [9.17, 15) is 4.39 Å². The molecule has 7 heteroatoms. The zero-order valence-corrected chi connectivity index (χ0v) is 15.9. The smallest absolute Gasteiger partial charge is 0.195 e. The Balaban J connectivity index is 1.70. The highest BCUT2D eigenvalue weighted by Crippen LogP contribution is 2.34. The molecule has 0 aliphatic rings. The van der Waals surface area contributed by atoms with Crippen LogP contribution in [-0.4, -0.2) is 9.38 Å². The molecule has 0 aliphatic carbocycles. The molecule has 126 valence electrons. The summed E-state index contributed by atoms with van der Waals surface area (Å²) < 4.78 is 16.1. The van der Waals surface area contributed by atoms with Crippen molar-refractivity contribution in [1.82, 2.24) is 9.38 Å². The molecule has 0 saturated carbocycles. The number of hydrogen-bond donors (Lipinski definition) is 0. The lowest BCUT2D eigenvalue weighted by Crippen LogP contribution is -1.92. The van der Waals surface area contributed by atoms with Crippen molar-refractivity contribution in [2.45, 2.75) is 10.8 Å². The molecule has 4 rings (SSSR count). The molecule has 2 nitrogen and oxygen atoms in total. The summed E-state index contributed by atoms with van der Waals surface area (Å²) in [6.07, 6.45) is 1.80. The molecule has 0 N–H and O–H groups in total. The largest absolute Gasteiger partial charge is 0.278 e. The van der Waals surface area contributed by atoms with E-state index in [1.807, 2.05) is 29.6 Å². The highest BCUT2D eigenvalue weighted by atomic mass is 35.5. The number of fused-ring (bicyclic) bond motifs is 1. The van der Waals surface area contributed by atoms with Gasteiger partial charge in [-0.1, -0.05) is 41.4 Å². The monoisotopic (exact) mass is 408 g/mol. The molecule has 0 unspecified atom stereocenters. The maximum atomic E-state index is 14.0. The van der Waals surface area contributed by atoms with Gasteiger partial charge in [0.2, 0.25) is 0 Å². The van der Waals surface area contributed by atoms with Gasteiger partial charge in [0.1, 0.15) is 10.8 Å². The van der Waals surface area contributed by atoms with Crippen LogP contribution in [0.4, 0.5) is 4.39 Å². The van der Waals surface area contributed by atoms with Gasteiger partial charge in [0.25, 0.3) is 0 Å². The SMILES string of the molecule is Fc1cccc(Cl)c1CSc1cnc2scc(-c3cccc(Cl)c3)n12. The summed E-state index contributed by atoms with van der Waals surface area (Å²) in [5, 5.41) is 4.11. The number of thiazole rings is 1. The molecule has 0 amide bonds. The summed E-state index contributed by atoms with van der Waals surface area (Å²) in [5.41, 5.74) is 2.54. The molecule has 0 aliphatic heterocycles. The van der Waals surface area contributed by atoms with E-state index in [2.05, 4.69) is 9.38 Å². The molecular weight excluding hydrogens is 398 g/mol. The fourth-order valence-electron chi connectivity index (χ4n) is 2.55. The second-order valence-electron chi connectivity index (χ2n) is 5.33. The lowest BCUT2D eigenvalue weighted by molar-refractivity contribution is 0.617. The topological polar surface area (TPSA) is 17.3 Å². The second-order valence-corrected chi connectivity index (χ2v) is 8.01. The van der Waals surface area contributed by atoms with Crippen molar-refractivity contribution in [2.24, 2.45) is 0 Å². The number of imidazole rings is 1. The third-order valence-electron chi connectivity index (χ3n) is 3.76. The van der Waals surface area contributed by atoms with Gasteiger partial charge in [-0.15, -0.1) is 23.1 Å². The predicted molar refractivity (Wildman–Crippen MR) is 104 cm³/mol. The highest BCUT2D eigenvalue weighted by Gasteiger charge is 2.14. The van der Waals surface area contributed by atoms with Crippen LogP contribution in [0.15, 0.2) is 59.1 Å². The lowest BCUT2D eigenvalue weighted by atomic mass is 10.2. The summed E-state index contributed by atoms with van der Waals surface area (Å²) in [5.74, 6) is 0.144. The summed E-state index contributed by atoms with van der Waals surface area (Å²) >= 11 is 15.3. The number of nitrogens with zero attached hydrogens (tertiary/aromatic N) is 2. The number of hydrogen-bond acceptors (Lipinski definition) is 3. The summed E-state index contributed by atoms with van der Waals surface area (Å²) in [6, 6.07) is 12.4. The zero-order chi connectivity index (χ0) is 17.4. The molecule has 0 bridgehead atoms. The highest BCUT2D eigenvalue weighted by molar-refractivity contribution is 7.98. The van der Waals surface area contributed by atoms with Crippen molar-refractivity contribution in [2.75, 3.05) is 0 Å². The quantitative estimate of drug-likeness (QED) is 0.345. The summed E-state index contributed by atoms with van der Waals surface area (Å²) in [7, 11) is 0. The van der Waals surface area contributed by atoms with E-state index in [1.54, 1.807) is 29.7 Å². The van der Waals surface area contributed by atoms with E-state index in [0.717, 1.165) is 21.2 Å². The van der Waals surface area contributed by atoms with Gasteiger partial charge in [-0.25, -0.2) is 9.37 Å². The Hall–Kier alpha value is -1.53.